The van der Waals surface area contributed by atoms with Gasteiger partial charge in [0.15, 0.2) is 0 Å². The number of carbonyl (C=O) groups is 1. The number of para-hydroxylation sites is 1. The van der Waals surface area contributed by atoms with Crippen LogP contribution in [0.5, 0.6) is 5.75 Å². The number of benzene rings is 5. The molecule has 0 aliphatic rings. The van der Waals surface area contributed by atoms with Crippen molar-refractivity contribution in [2.24, 2.45) is 0 Å². The zero-order valence-corrected chi connectivity index (χ0v) is 18.0. The molecule has 5 aromatic carbocycles. The van der Waals surface area contributed by atoms with Crippen molar-refractivity contribution in [3.63, 3.8) is 0 Å². The molecule has 0 aliphatic heterocycles. The van der Waals surface area contributed by atoms with Gasteiger partial charge < -0.3 is 9.47 Å². The van der Waals surface area contributed by atoms with Crippen molar-refractivity contribution < 1.29 is 14.3 Å². The summed E-state index contributed by atoms with van der Waals surface area (Å²) >= 11 is 0. The lowest BCUT2D eigenvalue weighted by molar-refractivity contribution is 0.0601. The second-order valence-corrected chi connectivity index (χ2v) is 7.61. The van der Waals surface area contributed by atoms with E-state index in [2.05, 4.69) is 60.7 Å². The number of fused-ring (bicyclic) bond motifs is 3. The Morgan fingerprint density at radius 3 is 1.94 bits per heavy atom. The molecule has 0 aromatic heterocycles. The molecule has 156 valence electrons. The van der Waals surface area contributed by atoms with Gasteiger partial charge in [-0.15, -0.1) is 0 Å². The molecule has 0 radical (unpaired) electrons. The van der Waals surface area contributed by atoms with Gasteiger partial charge in [0.25, 0.3) is 0 Å². The Kier molecular flexibility index (Phi) is 5.08. The molecule has 0 bridgehead atoms. The van der Waals surface area contributed by atoms with Crippen molar-refractivity contribution in [2.45, 2.75) is 0 Å². The molecule has 0 saturated carbocycles. The number of esters is 1. The third-order valence-corrected chi connectivity index (χ3v) is 5.90. The summed E-state index contributed by atoms with van der Waals surface area (Å²) in [6.07, 6.45) is 0. The van der Waals surface area contributed by atoms with E-state index in [1.165, 1.54) is 23.3 Å². The summed E-state index contributed by atoms with van der Waals surface area (Å²) in [5.41, 5.74) is 4.21. The smallest absolute Gasteiger partial charge is 0.338 e. The summed E-state index contributed by atoms with van der Waals surface area (Å²) in [6, 6.07) is 32.6. The van der Waals surface area contributed by atoms with E-state index in [9.17, 15) is 4.79 Å². The van der Waals surface area contributed by atoms with Gasteiger partial charge in [-0.1, -0.05) is 84.9 Å². The first-order chi connectivity index (χ1) is 15.7. The molecule has 0 N–H and O–H groups in total. The molecule has 5 rings (SSSR count). The van der Waals surface area contributed by atoms with Crippen LogP contribution in [-0.4, -0.2) is 20.2 Å². The standard InChI is InChI=1S/C29H22O3/c1-31-28-24(23-14-7-8-15-26(23)29(30)32-2)16-9-17-25(28)27-18-19-10-3-4-11-20(19)21-12-5-6-13-22(21)27/h3-18H,1-2H3. The van der Waals surface area contributed by atoms with Crippen LogP contribution in [0.25, 0.3) is 43.8 Å². The number of hydrogen-bond donors (Lipinski definition) is 0. The number of rotatable bonds is 4. The molecule has 0 saturated heterocycles. The first-order valence-corrected chi connectivity index (χ1v) is 10.5. The van der Waals surface area contributed by atoms with Crippen LogP contribution in [0.15, 0.2) is 97.1 Å². The third kappa shape index (κ3) is 3.19. The topological polar surface area (TPSA) is 35.5 Å². The van der Waals surface area contributed by atoms with Crippen LogP contribution >= 0.6 is 0 Å². The Balaban J connectivity index is 1.83. The highest BCUT2D eigenvalue weighted by molar-refractivity contribution is 6.14. The van der Waals surface area contributed by atoms with Crippen LogP contribution < -0.4 is 4.74 Å². The molecule has 3 heteroatoms. The molecule has 0 aliphatic carbocycles. The van der Waals surface area contributed by atoms with E-state index in [1.54, 1.807) is 13.2 Å². The highest BCUT2D eigenvalue weighted by Gasteiger charge is 2.20. The SMILES string of the molecule is COC(=O)c1ccccc1-c1cccc(-c2cc3ccccc3c3ccccc23)c1OC. The minimum atomic E-state index is -0.371. The van der Waals surface area contributed by atoms with Crippen LogP contribution in [0.4, 0.5) is 0 Å². The summed E-state index contributed by atoms with van der Waals surface area (Å²) in [6.45, 7) is 0. The maximum Gasteiger partial charge on any atom is 0.338 e. The van der Waals surface area contributed by atoms with Gasteiger partial charge in [0.2, 0.25) is 0 Å². The summed E-state index contributed by atoms with van der Waals surface area (Å²) in [5.74, 6) is 0.355. The average molecular weight is 418 g/mol. The molecule has 0 unspecified atom stereocenters. The first-order valence-electron chi connectivity index (χ1n) is 10.5. The van der Waals surface area contributed by atoms with Gasteiger partial charge in [0, 0.05) is 11.1 Å². The quantitative estimate of drug-likeness (QED) is 0.230. The van der Waals surface area contributed by atoms with E-state index in [0.29, 0.717) is 5.56 Å². The van der Waals surface area contributed by atoms with E-state index < -0.39 is 0 Å². The lowest BCUT2D eigenvalue weighted by atomic mass is 9.90. The Morgan fingerprint density at radius 1 is 0.594 bits per heavy atom. The van der Waals surface area contributed by atoms with Gasteiger partial charge in [-0.2, -0.15) is 0 Å². The fourth-order valence-corrected chi connectivity index (χ4v) is 4.46. The van der Waals surface area contributed by atoms with E-state index in [0.717, 1.165) is 33.4 Å². The second-order valence-electron chi connectivity index (χ2n) is 7.61. The van der Waals surface area contributed by atoms with E-state index in [-0.39, 0.29) is 5.97 Å². The zero-order valence-electron chi connectivity index (χ0n) is 18.0. The van der Waals surface area contributed by atoms with Crippen LogP contribution in [0.3, 0.4) is 0 Å². The molecular formula is C29H22O3. The first kappa shape index (κ1) is 19.8. The van der Waals surface area contributed by atoms with Crippen LogP contribution in [0.2, 0.25) is 0 Å². The van der Waals surface area contributed by atoms with Gasteiger partial charge in [0.05, 0.1) is 19.8 Å². The van der Waals surface area contributed by atoms with Crippen molar-refractivity contribution in [1.82, 2.24) is 0 Å². The maximum atomic E-state index is 12.4. The van der Waals surface area contributed by atoms with Crippen molar-refractivity contribution in [3.8, 4) is 28.0 Å². The number of ether oxygens (including phenoxy) is 2. The fourth-order valence-electron chi connectivity index (χ4n) is 4.46. The average Bonchev–Trinajstić information content (AvgIpc) is 2.87. The summed E-state index contributed by atoms with van der Waals surface area (Å²) in [5, 5.41) is 4.74. The van der Waals surface area contributed by atoms with Gasteiger partial charge in [-0.05, 0) is 44.8 Å². The van der Waals surface area contributed by atoms with Crippen molar-refractivity contribution in [1.29, 1.82) is 0 Å². The van der Waals surface area contributed by atoms with Crippen LogP contribution in [-0.2, 0) is 4.74 Å². The lowest BCUT2D eigenvalue weighted by Crippen LogP contribution is -2.04. The predicted molar refractivity (Wildman–Crippen MR) is 130 cm³/mol. The number of hydrogen-bond acceptors (Lipinski definition) is 3. The van der Waals surface area contributed by atoms with Crippen LogP contribution in [0, 0.1) is 0 Å². The van der Waals surface area contributed by atoms with Gasteiger partial charge in [-0.25, -0.2) is 4.79 Å². The van der Waals surface area contributed by atoms with E-state index >= 15 is 0 Å². The molecule has 0 heterocycles. The Bertz CT molecular complexity index is 1470. The maximum absolute atomic E-state index is 12.4. The molecule has 5 aromatic rings. The fraction of sp³-hybridized carbons (Fsp3) is 0.0690. The Labute approximate surface area is 186 Å². The van der Waals surface area contributed by atoms with E-state index in [1.807, 2.05) is 30.3 Å². The summed E-state index contributed by atoms with van der Waals surface area (Å²) in [7, 11) is 3.07. The second kappa shape index (κ2) is 8.20. The highest BCUT2D eigenvalue weighted by atomic mass is 16.5. The zero-order chi connectivity index (χ0) is 22.1. The molecule has 0 atom stereocenters. The highest BCUT2D eigenvalue weighted by Crippen LogP contribution is 2.43. The van der Waals surface area contributed by atoms with E-state index in [4.69, 9.17) is 9.47 Å². The Morgan fingerprint density at radius 2 is 1.19 bits per heavy atom. The molecule has 0 spiro atoms. The Hall–Kier alpha value is -4.11. The van der Waals surface area contributed by atoms with Gasteiger partial charge in [-0.3, -0.25) is 0 Å². The molecule has 0 amide bonds. The largest absolute Gasteiger partial charge is 0.495 e. The minimum absolute atomic E-state index is 0.371. The van der Waals surface area contributed by atoms with Crippen molar-refractivity contribution in [2.75, 3.05) is 14.2 Å². The molecular weight excluding hydrogens is 396 g/mol. The van der Waals surface area contributed by atoms with Crippen molar-refractivity contribution in [3.05, 3.63) is 103 Å². The number of methoxy groups -OCH3 is 2. The lowest BCUT2D eigenvalue weighted by Gasteiger charge is -2.18. The number of carbonyl (C=O) groups excluding carboxylic acids is 1. The van der Waals surface area contributed by atoms with Crippen molar-refractivity contribution >= 4 is 27.5 Å². The molecule has 32 heavy (non-hydrogen) atoms. The minimum Gasteiger partial charge on any atom is -0.495 e. The monoisotopic (exact) mass is 418 g/mol. The summed E-state index contributed by atoms with van der Waals surface area (Å²) in [4.78, 5) is 12.4. The van der Waals surface area contributed by atoms with Crippen LogP contribution in [0.1, 0.15) is 10.4 Å². The molecule has 0 fully saturated rings. The molecule has 3 nitrogen and oxygen atoms in total. The van der Waals surface area contributed by atoms with Gasteiger partial charge >= 0.3 is 5.97 Å². The van der Waals surface area contributed by atoms with Gasteiger partial charge in [0.1, 0.15) is 5.75 Å². The normalized spacial score (nSPS) is 10.9. The third-order valence-electron chi connectivity index (χ3n) is 5.90. The predicted octanol–water partition coefficient (Wildman–Crippen LogP) is 7.12. The summed E-state index contributed by atoms with van der Waals surface area (Å²) < 4.78 is 11.0.